The summed E-state index contributed by atoms with van der Waals surface area (Å²) in [6, 6.07) is 4.98. The molecule has 1 aliphatic rings. The van der Waals surface area contributed by atoms with Crippen LogP contribution in [0.1, 0.15) is 13.8 Å². The maximum absolute atomic E-state index is 13.0. The summed E-state index contributed by atoms with van der Waals surface area (Å²) >= 11 is 3.10. The van der Waals surface area contributed by atoms with Crippen molar-refractivity contribution < 1.29 is 23.5 Å². The van der Waals surface area contributed by atoms with E-state index < -0.39 is 33.8 Å². The lowest BCUT2D eigenvalue weighted by molar-refractivity contribution is -0.149. The van der Waals surface area contributed by atoms with Gasteiger partial charge in [0, 0.05) is 5.69 Å². The molecule has 2 atom stereocenters. The molecule has 2 rings (SSSR count). The van der Waals surface area contributed by atoms with E-state index in [0.29, 0.717) is 0 Å². The summed E-state index contributed by atoms with van der Waals surface area (Å²) in [5, 5.41) is 0. The van der Waals surface area contributed by atoms with E-state index in [4.69, 9.17) is 4.74 Å². The van der Waals surface area contributed by atoms with Gasteiger partial charge in [0.1, 0.15) is 10.6 Å². The Hall–Kier alpha value is -1.76. The number of benzene rings is 1. The third kappa shape index (κ3) is 2.35. The van der Waals surface area contributed by atoms with Crippen LogP contribution in [-0.4, -0.2) is 34.6 Å². The highest BCUT2D eigenvalue weighted by Crippen LogP contribution is 2.38. The molecule has 0 N–H and O–H groups in total. The molecule has 0 unspecified atom stereocenters. The second-order valence-corrected chi connectivity index (χ2v) is 5.63. The van der Waals surface area contributed by atoms with Gasteiger partial charge in [0.15, 0.2) is 5.54 Å². The number of rotatable bonds is 3. The standard InChI is InChI=1S/C14H13BrFNO4/c1-3-21-13(20)14(2)11(15)10(18)12(19)17(14)9-6-4-8(16)5-7-9/h4-7,11H,3H2,1-2H3/t11-,14+/m1/s1. The van der Waals surface area contributed by atoms with Crippen LogP contribution in [0.3, 0.4) is 0 Å². The van der Waals surface area contributed by atoms with Crippen LogP contribution in [-0.2, 0) is 19.1 Å². The minimum absolute atomic E-state index is 0.119. The van der Waals surface area contributed by atoms with Gasteiger partial charge in [0.05, 0.1) is 6.61 Å². The predicted molar refractivity (Wildman–Crippen MR) is 76.6 cm³/mol. The first kappa shape index (κ1) is 15.6. The highest BCUT2D eigenvalue weighted by molar-refractivity contribution is 9.10. The molecule has 21 heavy (non-hydrogen) atoms. The van der Waals surface area contributed by atoms with E-state index in [-0.39, 0.29) is 12.3 Å². The topological polar surface area (TPSA) is 63.7 Å². The average Bonchev–Trinajstić information content (AvgIpc) is 2.63. The number of anilines is 1. The lowest BCUT2D eigenvalue weighted by Crippen LogP contribution is -2.55. The Bertz CT molecular complexity index is 603. The molecule has 0 radical (unpaired) electrons. The Labute approximate surface area is 129 Å². The van der Waals surface area contributed by atoms with E-state index in [0.717, 1.165) is 17.0 Å². The summed E-state index contributed by atoms with van der Waals surface area (Å²) in [7, 11) is 0. The first-order chi connectivity index (χ1) is 9.83. The quantitative estimate of drug-likeness (QED) is 0.470. The van der Waals surface area contributed by atoms with Crippen LogP contribution in [0.25, 0.3) is 0 Å². The normalized spacial score (nSPS) is 25.3. The maximum atomic E-state index is 13.0. The summed E-state index contributed by atoms with van der Waals surface area (Å²) in [6.07, 6.45) is 0. The number of amides is 1. The van der Waals surface area contributed by atoms with Gasteiger partial charge in [-0.15, -0.1) is 0 Å². The molecule has 0 saturated carbocycles. The fourth-order valence-electron chi connectivity index (χ4n) is 2.25. The van der Waals surface area contributed by atoms with Crippen LogP contribution in [0.5, 0.6) is 0 Å². The van der Waals surface area contributed by atoms with E-state index in [1.165, 1.54) is 19.1 Å². The number of hydrogen-bond donors (Lipinski definition) is 0. The smallest absolute Gasteiger partial charge is 0.333 e. The predicted octanol–water partition coefficient (Wildman–Crippen LogP) is 1.83. The SMILES string of the molecule is CCOC(=O)[C@]1(C)[C@H](Br)C(=O)C(=O)N1c1ccc(F)cc1. The average molecular weight is 358 g/mol. The van der Waals surface area contributed by atoms with Gasteiger partial charge in [-0.3, -0.25) is 14.5 Å². The number of Topliss-reactive ketones (excluding diaryl/α,β-unsaturated/α-hetero) is 1. The van der Waals surface area contributed by atoms with Crippen molar-refractivity contribution in [3.63, 3.8) is 0 Å². The zero-order valence-corrected chi connectivity index (χ0v) is 13.0. The summed E-state index contributed by atoms with van der Waals surface area (Å²) in [5.74, 6) is -2.76. The number of nitrogens with zero attached hydrogens (tertiary/aromatic N) is 1. The van der Waals surface area contributed by atoms with Crippen molar-refractivity contribution in [1.29, 1.82) is 0 Å². The molecule has 7 heteroatoms. The molecule has 1 amide bonds. The first-order valence-electron chi connectivity index (χ1n) is 6.29. The third-order valence-electron chi connectivity index (χ3n) is 3.38. The van der Waals surface area contributed by atoms with E-state index in [2.05, 4.69) is 15.9 Å². The molecule has 1 aromatic rings. The Morgan fingerprint density at radius 3 is 2.48 bits per heavy atom. The number of hydrogen-bond acceptors (Lipinski definition) is 4. The third-order valence-corrected chi connectivity index (χ3v) is 4.68. The van der Waals surface area contributed by atoms with Gasteiger partial charge < -0.3 is 4.74 Å². The number of carbonyl (C=O) groups is 3. The summed E-state index contributed by atoms with van der Waals surface area (Å²) < 4.78 is 18.0. The van der Waals surface area contributed by atoms with Gasteiger partial charge >= 0.3 is 5.97 Å². The maximum Gasteiger partial charge on any atom is 0.333 e. The number of carbonyl (C=O) groups excluding carboxylic acids is 3. The van der Waals surface area contributed by atoms with Crippen molar-refractivity contribution in [3.05, 3.63) is 30.1 Å². The van der Waals surface area contributed by atoms with Crippen molar-refractivity contribution in [1.82, 2.24) is 0 Å². The van der Waals surface area contributed by atoms with Crippen molar-refractivity contribution in [3.8, 4) is 0 Å². The number of ketones is 1. The Balaban J connectivity index is 2.53. The lowest BCUT2D eigenvalue weighted by Gasteiger charge is -2.33. The summed E-state index contributed by atoms with van der Waals surface area (Å²) in [5.41, 5.74) is -1.26. The number of halogens is 2. The molecular formula is C14H13BrFNO4. The number of esters is 1. The molecule has 1 saturated heterocycles. The van der Waals surface area contributed by atoms with E-state index in [1.807, 2.05) is 0 Å². The van der Waals surface area contributed by atoms with Crippen LogP contribution in [0.4, 0.5) is 10.1 Å². The van der Waals surface area contributed by atoms with Crippen molar-refractivity contribution in [2.45, 2.75) is 24.2 Å². The van der Waals surface area contributed by atoms with Gasteiger partial charge in [0.2, 0.25) is 5.78 Å². The van der Waals surface area contributed by atoms with E-state index >= 15 is 0 Å². The lowest BCUT2D eigenvalue weighted by atomic mass is 9.98. The molecule has 5 nitrogen and oxygen atoms in total. The second-order valence-electron chi connectivity index (χ2n) is 4.71. The van der Waals surface area contributed by atoms with Gasteiger partial charge in [-0.05, 0) is 38.1 Å². The zero-order chi connectivity index (χ0) is 15.8. The van der Waals surface area contributed by atoms with Crippen molar-refractivity contribution in [2.24, 2.45) is 0 Å². The van der Waals surface area contributed by atoms with Crippen LogP contribution in [0, 0.1) is 5.82 Å². The van der Waals surface area contributed by atoms with Crippen LogP contribution >= 0.6 is 15.9 Å². The molecule has 112 valence electrons. The molecule has 1 fully saturated rings. The first-order valence-corrected chi connectivity index (χ1v) is 7.20. The molecule has 0 aromatic heterocycles. The molecule has 0 aliphatic carbocycles. The molecule has 1 aromatic carbocycles. The minimum Gasteiger partial charge on any atom is -0.464 e. The van der Waals surface area contributed by atoms with Crippen molar-refractivity contribution in [2.75, 3.05) is 11.5 Å². The van der Waals surface area contributed by atoms with Gasteiger partial charge in [-0.25, -0.2) is 9.18 Å². The van der Waals surface area contributed by atoms with Gasteiger partial charge in [-0.1, -0.05) is 15.9 Å². The van der Waals surface area contributed by atoms with E-state index in [1.54, 1.807) is 6.92 Å². The summed E-state index contributed by atoms with van der Waals surface area (Å²) in [6.45, 7) is 3.19. The highest BCUT2D eigenvalue weighted by Gasteiger charge is 2.60. The Morgan fingerprint density at radius 1 is 1.38 bits per heavy atom. The fourth-order valence-corrected chi connectivity index (χ4v) is 2.83. The van der Waals surface area contributed by atoms with Crippen molar-refractivity contribution >= 4 is 39.3 Å². The Kier molecular flexibility index (Phi) is 4.13. The molecule has 1 heterocycles. The minimum atomic E-state index is -1.51. The van der Waals surface area contributed by atoms with Gasteiger partial charge in [-0.2, -0.15) is 0 Å². The number of ether oxygens (including phenoxy) is 1. The zero-order valence-electron chi connectivity index (χ0n) is 11.4. The molecular weight excluding hydrogens is 345 g/mol. The summed E-state index contributed by atoms with van der Waals surface area (Å²) in [4.78, 5) is 36.4. The molecule has 1 aliphatic heterocycles. The van der Waals surface area contributed by atoms with Gasteiger partial charge in [0.25, 0.3) is 5.91 Å². The molecule has 0 spiro atoms. The fraction of sp³-hybridized carbons (Fsp3) is 0.357. The second kappa shape index (κ2) is 5.55. The highest BCUT2D eigenvalue weighted by atomic mass is 79.9. The monoisotopic (exact) mass is 357 g/mol. The Morgan fingerprint density at radius 2 is 1.95 bits per heavy atom. The molecule has 0 bridgehead atoms. The van der Waals surface area contributed by atoms with Crippen LogP contribution in [0.15, 0.2) is 24.3 Å². The van der Waals surface area contributed by atoms with E-state index in [9.17, 15) is 18.8 Å². The van der Waals surface area contributed by atoms with Crippen LogP contribution < -0.4 is 4.90 Å². The van der Waals surface area contributed by atoms with Crippen LogP contribution in [0.2, 0.25) is 0 Å². The largest absolute Gasteiger partial charge is 0.464 e. The number of alkyl halides is 1.